The summed E-state index contributed by atoms with van der Waals surface area (Å²) in [4.78, 5) is 16.2. The Morgan fingerprint density at radius 3 is 2.33 bits per heavy atom. The number of ether oxygens (including phenoxy) is 1. The normalized spacial score (nSPS) is 24.6. The molecule has 2 saturated heterocycles. The van der Waals surface area contributed by atoms with Gasteiger partial charge in [-0.25, -0.2) is 4.79 Å². The van der Waals surface area contributed by atoms with Crippen LogP contribution in [0.1, 0.15) is 33.6 Å². The van der Waals surface area contributed by atoms with Gasteiger partial charge in [0.25, 0.3) is 0 Å². The second-order valence-electron chi connectivity index (χ2n) is 6.47. The molecule has 0 radical (unpaired) electrons. The highest BCUT2D eigenvalue weighted by molar-refractivity contribution is 5.68. The van der Waals surface area contributed by atoms with Crippen LogP contribution in [0, 0.1) is 0 Å². The maximum Gasteiger partial charge on any atom is 0.410 e. The van der Waals surface area contributed by atoms with Crippen LogP contribution in [0.15, 0.2) is 0 Å². The summed E-state index contributed by atoms with van der Waals surface area (Å²) >= 11 is 0. The minimum Gasteiger partial charge on any atom is -0.444 e. The number of carbonyl (C=O) groups is 1. The number of likely N-dealkylation sites (N-methyl/N-ethyl adjacent to an activating group) is 1. The largest absolute Gasteiger partial charge is 0.444 e. The molecular formula is C13H25N3O2. The first kappa shape index (κ1) is 13.6. The molecular weight excluding hydrogens is 230 g/mol. The maximum absolute atomic E-state index is 12.0. The molecule has 0 bridgehead atoms. The quantitative estimate of drug-likeness (QED) is 0.707. The minimum absolute atomic E-state index is 0.175. The van der Waals surface area contributed by atoms with E-state index in [-0.39, 0.29) is 11.6 Å². The maximum atomic E-state index is 12.0. The van der Waals surface area contributed by atoms with Crippen LogP contribution in [0.2, 0.25) is 0 Å². The average Bonchev–Trinajstić information content (AvgIpc) is 2.59. The zero-order chi connectivity index (χ0) is 13.4. The highest BCUT2D eigenvalue weighted by atomic mass is 16.6. The van der Waals surface area contributed by atoms with Crippen LogP contribution >= 0.6 is 0 Å². The standard InChI is InChI=1S/C13H25N3O2/c1-12(2,3)18-11(17)16-7-5-13(6-8-16)9-14-10-15(13)4/h14H,5-10H2,1-4H3. The van der Waals surface area contributed by atoms with Crippen LogP contribution in [0.4, 0.5) is 4.79 Å². The van der Waals surface area contributed by atoms with E-state index in [1.807, 2.05) is 25.7 Å². The number of hydrogen-bond donors (Lipinski definition) is 1. The lowest BCUT2D eigenvalue weighted by molar-refractivity contribution is 0.00816. The second kappa shape index (κ2) is 4.70. The van der Waals surface area contributed by atoms with Gasteiger partial charge in [-0.2, -0.15) is 0 Å². The number of hydrogen-bond acceptors (Lipinski definition) is 4. The predicted molar refractivity (Wildman–Crippen MR) is 70.4 cm³/mol. The summed E-state index contributed by atoms with van der Waals surface area (Å²) < 4.78 is 5.41. The van der Waals surface area contributed by atoms with Crippen LogP contribution in [-0.2, 0) is 4.74 Å². The Balaban J connectivity index is 1.89. The highest BCUT2D eigenvalue weighted by Crippen LogP contribution is 2.30. The molecule has 0 aromatic rings. The molecule has 2 fully saturated rings. The summed E-state index contributed by atoms with van der Waals surface area (Å²) in [7, 11) is 2.16. The number of rotatable bonds is 0. The van der Waals surface area contributed by atoms with E-state index >= 15 is 0 Å². The summed E-state index contributed by atoms with van der Waals surface area (Å²) in [5.41, 5.74) is -0.156. The summed E-state index contributed by atoms with van der Waals surface area (Å²) in [5.74, 6) is 0. The summed E-state index contributed by atoms with van der Waals surface area (Å²) in [5, 5.41) is 3.41. The van der Waals surface area contributed by atoms with Gasteiger partial charge in [-0.3, -0.25) is 4.90 Å². The van der Waals surface area contributed by atoms with Gasteiger partial charge in [0.05, 0.1) is 0 Å². The van der Waals surface area contributed by atoms with Crippen LogP contribution < -0.4 is 5.32 Å². The molecule has 0 unspecified atom stereocenters. The van der Waals surface area contributed by atoms with Crippen molar-refractivity contribution in [1.82, 2.24) is 15.1 Å². The fourth-order valence-electron chi connectivity index (χ4n) is 2.75. The number of likely N-dealkylation sites (tertiary alicyclic amines) is 1. The number of amides is 1. The molecule has 2 rings (SSSR count). The molecule has 104 valence electrons. The van der Waals surface area contributed by atoms with Gasteiger partial charge in [0.15, 0.2) is 0 Å². The lowest BCUT2D eigenvalue weighted by Crippen LogP contribution is -2.54. The number of piperidine rings is 1. The van der Waals surface area contributed by atoms with E-state index in [9.17, 15) is 4.79 Å². The van der Waals surface area contributed by atoms with E-state index in [0.717, 1.165) is 39.1 Å². The Hall–Kier alpha value is -0.810. The molecule has 0 aromatic heterocycles. The molecule has 2 aliphatic rings. The Morgan fingerprint density at radius 1 is 1.28 bits per heavy atom. The third-order valence-corrected chi connectivity index (χ3v) is 3.96. The van der Waals surface area contributed by atoms with Crippen LogP contribution in [0.25, 0.3) is 0 Å². The Kier molecular flexibility index (Phi) is 3.56. The third kappa shape index (κ3) is 2.78. The van der Waals surface area contributed by atoms with Gasteiger partial charge >= 0.3 is 6.09 Å². The summed E-state index contributed by atoms with van der Waals surface area (Å²) in [6.07, 6.45) is 1.87. The van der Waals surface area contributed by atoms with E-state index in [2.05, 4.69) is 17.3 Å². The highest BCUT2D eigenvalue weighted by Gasteiger charge is 2.42. The molecule has 0 aromatic carbocycles. The van der Waals surface area contributed by atoms with Gasteiger partial charge in [0.2, 0.25) is 0 Å². The Bertz CT molecular complexity index is 317. The molecule has 1 N–H and O–H groups in total. The van der Waals surface area contributed by atoms with E-state index in [0.29, 0.717) is 0 Å². The van der Waals surface area contributed by atoms with Crippen molar-refractivity contribution < 1.29 is 9.53 Å². The Labute approximate surface area is 109 Å². The molecule has 1 spiro atoms. The molecule has 5 nitrogen and oxygen atoms in total. The smallest absolute Gasteiger partial charge is 0.410 e. The van der Waals surface area contributed by atoms with Gasteiger partial charge in [-0.15, -0.1) is 0 Å². The topological polar surface area (TPSA) is 44.8 Å². The molecule has 2 heterocycles. The van der Waals surface area contributed by atoms with Crippen molar-refractivity contribution in [2.45, 2.75) is 44.8 Å². The van der Waals surface area contributed by atoms with Crippen LogP contribution in [-0.4, -0.2) is 60.4 Å². The van der Waals surface area contributed by atoms with Crippen molar-refractivity contribution in [3.05, 3.63) is 0 Å². The van der Waals surface area contributed by atoms with E-state index in [4.69, 9.17) is 4.74 Å². The third-order valence-electron chi connectivity index (χ3n) is 3.96. The zero-order valence-electron chi connectivity index (χ0n) is 12.0. The van der Waals surface area contributed by atoms with Gasteiger partial charge in [0, 0.05) is 31.8 Å². The molecule has 2 aliphatic heterocycles. The van der Waals surface area contributed by atoms with Crippen molar-refractivity contribution in [3.63, 3.8) is 0 Å². The fourth-order valence-corrected chi connectivity index (χ4v) is 2.75. The lowest BCUT2D eigenvalue weighted by atomic mass is 9.87. The van der Waals surface area contributed by atoms with E-state index in [1.165, 1.54) is 0 Å². The summed E-state index contributed by atoms with van der Waals surface area (Å²) in [6, 6.07) is 0. The molecule has 1 amide bonds. The zero-order valence-corrected chi connectivity index (χ0v) is 12.0. The van der Waals surface area contributed by atoms with Gasteiger partial charge < -0.3 is 15.0 Å². The van der Waals surface area contributed by atoms with Crippen molar-refractivity contribution >= 4 is 6.09 Å². The van der Waals surface area contributed by atoms with Crippen molar-refractivity contribution in [1.29, 1.82) is 0 Å². The fraction of sp³-hybridized carbons (Fsp3) is 0.923. The molecule has 0 aliphatic carbocycles. The number of carbonyl (C=O) groups excluding carboxylic acids is 1. The first-order chi connectivity index (χ1) is 8.32. The first-order valence-corrected chi connectivity index (χ1v) is 6.72. The number of nitrogens with one attached hydrogen (secondary N) is 1. The van der Waals surface area contributed by atoms with Gasteiger partial charge in [-0.05, 0) is 40.7 Å². The van der Waals surface area contributed by atoms with Crippen LogP contribution in [0.3, 0.4) is 0 Å². The van der Waals surface area contributed by atoms with Crippen molar-refractivity contribution in [2.24, 2.45) is 0 Å². The van der Waals surface area contributed by atoms with Crippen molar-refractivity contribution in [2.75, 3.05) is 33.4 Å². The van der Waals surface area contributed by atoms with Gasteiger partial charge in [0.1, 0.15) is 5.60 Å². The molecule has 5 heteroatoms. The van der Waals surface area contributed by atoms with E-state index in [1.54, 1.807) is 0 Å². The van der Waals surface area contributed by atoms with E-state index < -0.39 is 5.60 Å². The summed E-state index contributed by atoms with van der Waals surface area (Å²) in [6.45, 7) is 9.29. The number of nitrogens with zero attached hydrogens (tertiary/aromatic N) is 2. The molecule has 18 heavy (non-hydrogen) atoms. The van der Waals surface area contributed by atoms with Crippen LogP contribution in [0.5, 0.6) is 0 Å². The second-order valence-corrected chi connectivity index (χ2v) is 6.47. The average molecular weight is 255 g/mol. The lowest BCUT2D eigenvalue weighted by Gasteiger charge is -2.42. The minimum atomic E-state index is -0.405. The molecule has 0 saturated carbocycles. The first-order valence-electron chi connectivity index (χ1n) is 6.72. The van der Waals surface area contributed by atoms with Crippen molar-refractivity contribution in [3.8, 4) is 0 Å². The SMILES string of the molecule is CN1CNCC12CCN(C(=O)OC(C)(C)C)CC2. The van der Waals surface area contributed by atoms with Gasteiger partial charge in [-0.1, -0.05) is 0 Å². The Morgan fingerprint density at radius 2 is 1.89 bits per heavy atom. The molecule has 0 atom stereocenters. The monoisotopic (exact) mass is 255 g/mol. The predicted octanol–water partition coefficient (Wildman–Crippen LogP) is 1.25.